The molecular weight excluding hydrogens is 472 g/mol. The maximum atomic E-state index is 11.1. The Hall–Kier alpha value is 3.73. The zero-order valence-electron chi connectivity index (χ0n) is 13.6. The number of para-hydroxylation sites is 1. The first-order valence-electron chi connectivity index (χ1n) is 7.37. The average molecular weight is 499 g/mol. The van der Waals surface area contributed by atoms with Crippen molar-refractivity contribution < 1.29 is 32.1 Å². The van der Waals surface area contributed by atoms with Gasteiger partial charge in [-0.2, -0.15) is 8.42 Å². The molecule has 0 spiro atoms. The molecule has 1 rings (SSSR count). The fraction of sp³-hybridized carbons (Fsp3) is 0.467. The Morgan fingerprint density at radius 1 is 1.22 bits per heavy atom. The molecule has 0 aromatic heterocycles. The van der Waals surface area contributed by atoms with Crippen LogP contribution in [0.4, 0.5) is 0 Å². The Bertz CT molecular complexity index is 735. The molecule has 27 heavy (non-hydrogen) atoms. The minimum absolute atomic E-state index is 0. The summed E-state index contributed by atoms with van der Waals surface area (Å²) in [7, 11) is -9.69. The van der Waals surface area contributed by atoms with Crippen LogP contribution in [0.2, 0.25) is 0 Å². The molecule has 3 N–H and O–H groups in total. The van der Waals surface area contributed by atoms with Gasteiger partial charge in [0.1, 0.15) is 12.4 Å². The Labute approximate surface area is 289 Å². The van der Waals surface area contributed by atoms with Crippen LogP contribution in [0, 0.1) is 6.92 Å². The molecule has 0 aliphatic rings. The first-order valence-corrected chi connectivity index (χ1v) is 10.6. The Morgan fingerprint density at radius 2 is 1.78 bits per heavy atom. The predicted molar refractivity (Wildman–Crippen MR) is 113 cm³/mol. The van der Waals surface area contributed by atoms with Crippen LogP contribution < -0.4 is 4.74 Å². The SMILES string of the molecule is C/C(=C\CCCC(P(=O)(O)O)S(=O)(=O)O)COc1ccccc1C.[KH].[KH].[KH]. The molecule has 1 atom stereocenters. The molecule has 0 aliphatic carbocycles. The van der Waals surface area contributed by atoms with Gasteiger partial charge in [0.15, 0.2) is 4.99 Å². The molecular formula is C15H26K3O7PS. The summed E-state index contributed by atoms with van der Waals surface area (Å²) in [5.74, 6) is 0.776. The number of unbranched alkanes of at least 4 members (excludes halogenated alkanes) is 1. The third kappa shape index (κ3) is 15.2. The van der Waals surface area contributed by atoms with Crippen molar-refractivity contribution in [1.29, 1.82) is 0 Å². The Kier molecular flexibility index (Phi) is 22.6. The number of benzene rings is 1. The van der Waals surface area contributed by atoms with Crippen LogP contribution in [0.25, 0.3) is 0 Å². The van der Waals surface area contributed by atoms with Gasteiger partial charge in [0, 0.05) is 0 Å². The van der Waals surface area contributed by atoms with Crippen LogP contribution in [-0.4, -0.2) is 189 Å². The van der Waals surface area contributed by atoms with E-state index < -0.39 is 22.7 Å². The zero-order valence-corrected chi connectivity index (χ0v) is 15.3. The summed E-state index contributed by atoms with van der Waals surface area (Å²) < 4.78 is 47.7. The first-order chi connectivity index (χ1) is 11.0. The summed E-state index contributed by atoms with van der Waals surface area (Å²) in [4.78, 5) is 15.9. The second kappa shape index (κ2) is 17.2. The molecule has 0 fully saturated rings. The third-order valence-corrected chi connectivity index (χ3v) is 6.97. The fourth-order valence-corrected chi connectivity index (χ4v) is 4.47. The summed E-state index contributed by atoms with van der Waals surface area (Å²) in [5.41, 5.74) is 1.93. The molecule has 0 heterocycles. The van der Waals surface area contributed by atoms with E-state index in [1.807, 2.05) is 44.2 Å². The normalized spacial score (nSPS) is 12.9. The number of allylic oxidation sites excluding steroid dienone is 1. The van der Waals surface area contributed by atoms with Gasteiger partial charge >= 0.3 is 162 Å². The summed E-state index contributed by atoms with van der Waals surface area (Å²) >= 11 is 0. The topological polar surface area (TPSA) is 121 Å². The van der Waals surface area contributed by atoms with E-state index in [9.17, 15) is 13.0 Å². The van der Waals surface area contributed by atoms with Crippen LogP contribution in [-0.2, 0) is 14.7 Å². The average Bonchev–Trinajstić information content (AvgIpc) is 2.43. The minimum atomic E-state index is -4.90. The van der Waals surface area contributed by atoms with Crippen molar-refractivity contribution >= 4 is 172 Å². The Morgan fingerprint density at radius 3 is 2.26 bits per heavy atom. The molecule has 0 amide bonds. The van der Waals surface area contributed by atoms with Gasteiger partial charge in [-0.1, -0.05) is 24.3 Å². The van der Waals surface area contributed by atoms with E-state index in [0.717, 1.165) is 16.9 Å². The number of aryl methyl sites for hydroxylation is 1. The van der Waals surface area contributed by atoms with E-state index >= 15 is 0 Å². The number of ether oxygens (including phenoxy) is 1. The van der Waals surface area contributed by atoms with E-state index in [0.29, 0.717) is 13.0 Å². The number of hydrogen-bond donors (Lipinski definition) is 3. The quantitative estimate of drug-likeness (QED) is 0.152. The number of rotatable bonds is 9. The zero-order chi connectivity index (χ0) is 18.4. The van der Waals surface area contributed by atoms with Crippen LogP contribution in [0.3, 0.4) is 0 Å². The number of hydrogen-bond acceptors (Lipinski definition) is 4. The van der Waals surface area contributed by atoms with Crippen LogP contribution in [0.1, 0.15) is 31.7 Å². The van der Waals surface area contributed by atoms with Crippen LogP contribution >= 0.6 is 7.60 Å². The molecule has 0 radical (unpaired) electrons. The van der Waals surface area contributed by atoms with Gasteiger partial charge in [0.2, 0.25) is 0 Å². The summed E-state index contributed by atoms with van der Waals surface area (Å²) in [6, 6.07) is 7.59. The summed E-state index contributed by atoms with van der Waals surface area (Å²) in [5, 5.41) is 0. The van der Waals surface area contributed by atoms with Crippen LogP contribution in [0.15, 0.2) is 35.9 Å². The van der Waals surface area contributed by atoms with Crippen molar-refractivity contribution in [2.45, 2.75) is 38.1 Å². The fourth-order valence-electron chi connectivity index (χ4n) is 2.10. The van der Waals surface area contributed by atoms with E-state index in [2.05, 4.69) is 0 Å². The first kappa shape index (κ1) is 35.3. The van der Waals surface area contributed by atoms with Gasteiger partial charge in [-0.25, -0.2) is 0 Å². The molecule has 0 aliphatic heterocycles. The van der Waals surface area contributed by atoms with E-state index in [-0.39, 0.29) is 167 Å². The van der Waals surface area contributed by atoms with Crippen molar-refractivity contribution in [2.24, 2.45) is 0 Å². The standard InChI is InChI=1S/C15H23O7PS.3K.3H/c1-12(11-22-14-9-5-4-8-13(14)2)7-3-6-10-15(23(16,17)18)24(19,20)21;;;;;;/h4-5,7-9,15H,3,6,10-11H2,1-2H3,(H2,16,17,18)(H,19,20,21);;;;;;/b12-7+;;;;;;. The Balaban J connectivity index is -0.00000192. The molecule has 0 bridgehead atoms. The molecule has 0 saturated carbocycles. The summed E-state index contributed by atoms with van der Waals surface area (Å²) in [6.07, 6.45) is 2.15. The van der Waals surface area contributed by atoms with Gasteiger partial charge in [-0.05, 0) is 50.3 Å². The van der Waals surface area contributed by atoms with Gasteiger partial charge in [-0.15, -0.1) is 0 Å². The van der Waals surface area contributed by atoms with E-state index in [1.54, 1.807) is 0 Å². The molecule has 142 valence electrons. The van der Waals surface area contributed by atoms with Crippen LogP contribution in [0.5, 0.6) is 5.75 Å². The van der Waals surface area contributed by atoms with Gasteiger partial charge in [0.25, 0.3) is 10.1 Å². The predicted octanol–water partition coefficient (Wildman–Crippen LogP) is 0.937. The molecule has 1 unspecified atom stereocenters. The monoisotopic (exact) mass is 498 g/mol. The molecule has 12 heteroatoms. The van der Waals surface area contributed by atoms with Gasteiger partial charge in [0.05, 0.1) is 0 Å². The van der Waals surface area contributed by atoms with Gasteiger partial charge < -0.3 is 14.5 Å². The van der Waals surface area contributed by atoms with E-state index in [4.69, 9.17) is 19.1 Å². The molecule has 0 saturated heterocycles. The maximum absolute atomic E-state index is 11.1. The van der Waals surface area contributed by atoms with Crippen molar-refractivity contribution in [2.75, 3.05) is 6.61 Å². The van der Waals surface area contributed by atoms with Crippen molar-refractivity contribution in [3.05, 3.63) is 41.5 Å². The second-order valence-electron chi connectivity index (χ2n) is 5.59. The van der Waals surface area contributed by atoms with Crippen molar-refractivity contribution in [1.82, 2.24) is 0 Å². The van der Waals surface area contributed by atoms with Crippen molar-refractivity contribution in [3.8, 4) is 5.75 Å². The third-order valence-electron chi connectivity index (χ3n) is 3.42. The summed E-state index contributed by atoms with van der Waals surface area (Å²) in [6.45, 7) is 4.15. The second-order valence-corrected chi connectivity index (χ2v) is 9.34. The molecule has 1 aromatic rings. The van der Waals surface area contributed by atoms with Gasteiger partial charge in [-0.3, -0.25) is 9.12 Å². The van der Waals surface area contributed by atoms with E-state index in [1.165, 1.54) is 0 Å². The molecule has 1 aromatic carbocycles. The molecule has 7 nitrogen and oxygen atoms in total. The van der Waals surface area contributed by atoms with Crippen molar-refractivity contribution in [3.63, 3.8) is 0 Å².